The molecule has 0 radical (unpaired) electrons. The van der Waals surface area contributed by atoms with E-state index in [1.807, 2.05) is 43.7 Å². The standard InChI is InChI=1S/C23H21N5O/c1-28-14-20(13-27-28)22-8-18-7-21(25-11-19(18)12-26-22)9-23(29)16-2-3-17-10-24-5-4-15(17)6-16/h2-3,6-8,11-14,24H,4-5,9-10H2,1H3. The third-order valence-corrected chi connectivity index (χ3v) is 5.42. The Kier molecular flexibility index (Phi) is 4.41. The maximum absolute atomic E-state index is 12.8. The van der Waals surface area contributed by atoms with Gasteiger partial charge in [-0.05, 0) is 47.7 Å². The van der Waals surface area contributed by atoms with Crippen molar-refractivity contribution in [3.63, 3.8) is 0 Å². The molecule has 5 rings (SSSR count). The zero-order valence-corrected chi connectivity index (χ0v) is 16.2. The van der Waals surface area contributed by atoms with Crippen molar-refractivity contribution >= 4 is 16.6 Å². The van der Waals surface area contributed by atoms with E-state index >= 15 is 0 Å². The largest absolute Gasteiger partial charge is 0.312 e. The van der Waals surface area contributed by atoms with E-state index < -0.39 is 0 Å². The predicted molar refractivity (Wildman–Crippen MR) is 112 cm³/mol. The number of rotatable bonds is 4. The minimum atomic E-state index is 0.0970. The van der Waals surface area contributed by atoms with Crippen molar-refractivity contribution in [2.75, 3.05) is 6.54 Å². The number of nitrogens with zero attached hydrogens (tertiary/aromatic N) is 4. The monoisotopic (exact) mass is 383 g/mol. The third-order valence-electron chi connectivity index (χ3n) is 5.42. The van der Waals surface area contributed by atoms with Crippen molar-refractivity contribution in [1.29, 1.82) is 0 Å². The number of benzene rings is 1. The van der Waals surface area contributed by atoms with Gasteiger partial charge in [-0.1, -0.05) is 12.1 Å². The van der Waals surface area contributed by atoms with Gasteiger partial charge in [0.15, 0.2) is 5.78 Å². The number of pyridine rings is 2. The van der Waals surface area contributed by atoms with Crippen LogP contribution in [-0.2, 0) is 26.4 Å². The highest BCUT2D eigenvalue weighted by Gasteiger charge is 2.14. The molecule has 0 fully saturated rings. The molecule has 3 aromatic heterocycles. The van der Waals surface area contributed by atoms with Crippen LogP contribution in [0.25, 0.3) is 22.0 Å². The first-order valence-electron chi connectivity index (χ1n) is 9.75. The lowest BCUT2D eigenvalue weighted by molar-refractivity contribution is 0.0992. The molecule has 4 aromatic rings. The average molecular weight is 383 g/mol. The van der Waals surface area contributed by atoms with Gasteiger partial charge in [0.1, 0.15) is 0 Å². The number of nitrogens with one attached hydrogen (secondary N) is 1. The van der Waals surface area contributed by atoms with Crippen molar-refractivity contribution < 1.29 is 4.79 Å². The van der Waals surface area contributed by atoms with Crippen LogP contribution in [0.1, 0.15) is 27.2 Å². The first-order valence-corrected chi connectivity index (χ1v) is 9.75. The molecule has 0 spiro atoms. The molecule has 29 heavy (non-hydrogen) atoms. The van der Waals surface area contributed by atoms with Gasteiger partial charge < -0.3 is 5.32 Å². The number of carbonyl (C=O) groups excluding carboxylic acids is 1. The van der Waals surface area contributed by atoms with Crippen LogP contribution in [0.4, 0.5) is 0 Å². The lowest BCUT2D eigenvalue weighted by Gasteiger charge is -2.17. The van der Waals surface area contributed by atoms with Crippen LogP contribution >= 0.6 is 0 Å². The molecule has 1 aliphatic heterocycles. The van der Waals surface area contributed by atoms with E-state index in [-0.39, 0.29) is 12.2 Å². The number of aryl methyl sites for hydroxylation is 1. The highest BCUT2D eigenvalue weighted by Crippen LogP contribution is 2.22. The molecule has 0 bridgehead atoms. The molecular formula is C23H21N5O. The lowest BCUT2D eigenvalue weighted by Crippen LogP contribution is -2.23. The molecule has 0 amide bonds. The van der Waals surface area contributed by atoms with Gasteiger partial charge in [0.25, 0.3) is 0 Å². The first kappa shape index (κ1) is 17.7. The molecule has 1 aliphatic rings. The Labute approximate surface area is 168 Å². The van der Waals surface area contributed by atoms with Crippen molar-refractivity contribution in [3.05, 3.63) is 77.5 Å². The van der Waals surface area contributed by atoms with Crippen LogP contribution in [0.5, 0.6) is 0 Å². The van der Waals surface area contributed by atoms with E-state index in [0.717, 1.165) is 52.8 Å². The van der Waals surface area contributed by atoms with Crippen LogP contribution in [0.3, 0.4) is 0 Å². The number of fused-ring (bicyclic) bond motifs is 2. The second kappa shape index (κ2) is 7.22. The molecule has 0 unspecified atom stereocenters. The van der Waals surface area contributed by atoms with E-state index in [0.29, 0.717) is 0 Å². The number of Topliss-reactive ketones (excluding diaryl/α,β-unsaturated/α-hetero) is 1. The highest BCUT2D eigenvalue weighted by molar-refractivity contribution is 5.98. The van der Waals surface area contributed by atoms with Crippen LogP contribution in [0.2, 0.25) is 0 Å². The minimum absolute atomic E-state index is 0.0970. The topological polar surface area (TPSA) is 72.7 Å². The summed E-state index contributed by atoms with van der Waals surface area (Å²) < 4.78 is 1.76. The van der Waals surface area contributed by atoms with Gasteiger partial charge in [-0.15, -0.1) is 0 Å². The Morgan fingerprint density at radius 1 is 1.07 bits per heavy atom. The van der Waals surface area contributed by atoms with Crippen LogP contribution in [-0.4, -0.2) is 32.1 Å². The van der Waals surface area contributed by atoms with Crippen LogP contribution in [0.15, 0.2) is 55.1 Å². The highest BCUT2D eigenvalue weighted by atomic mass is 16.1. The van der Waals surface area contributed by atoms with Crippen molar-refractivity contribution in [2.45, 2.75) is 19.4 Å². The first-order chi connectivity index (χ1) is 14.2. The summed E-state index contributed by atoms with van der Waals surface area (Å²) in [6.45, 7) is 1.84. The van der Waals surface area contributed by atoms with Gasteiger partial charge >= 0.3 is 0 Å². The fraction of sp³-hybridized carbons (Fsp3) is 0.217. The lowest BCUT2D eigenvalue weighted by atomic mass is 9.95. The molecule has 0 aliphatic carbocycles. The average Bonchev–Trinajstić information content (AvgIpc) is 3.19. The molecule has 1 aromatic carbocycles. The number of ketones is 1. The van der Waals surface area contributed by atoms with Gasteiger partial charge in [0.2, 0.25) is 0 Å². The van der Waals surface area contributed by atoms with E-state index in [4.69, 9.17) is 0 Å². The predicted octanol–water partition coefficient (Wildman–Crippen LogP) is 3.10. The number of hydrogen-bond acceptors (Lipinski definition) is 5. The molecule has 6 nitrogen and oxygen atoms in total. The van der Waals surface area contributed by atoms with Gasteiger partial charge in [-0.3, -0.25) is 19.4 Å². The Bertz CT molecular complexity index is 1230. The molecule has 0 saturated carbocycles. The van der Waals surface area contributed by atoms with Gasteiger partial charge in [0.05, 0.1) is 18.3 Å². The van der Waals surface area contributed by atoms with Crippen molar-refractivity contribution in [1.82, 2.24) is 25.1 Å². The number of carbonyl (C=O) groups is 1. The third kappa shape index (κ3) is 3.54. The maximum Gasteiger partial charge on any atom is 0.168 e. The second-order valence-corrected chi connectivity index (χ2v) is 7.51. The quantitative estimate of drug-likeness (QED) is 0.548. The summed E-state index contributed by atoms with van der Waals surface area (Å²) in [5, 5.41) is 9.54. The molecule has 0 atom stereocenters. The number of hydrogen-bond donors (Lipinski definition) is 1. The fourth-order valence-corrected chi connectivity index (χ4v) is 3.81. The van der Waals surface area contributed by atoms with E-state index in [9.17, 15) is 4.79 Å². The molecule has 144 valence electrons. The van der Waals surface area contributed by atoms with E-state index in [1.165, 1.54) is 11.1 Å². The van der Waals surface area contributed by atoms with Crippen molar-refractivity contribution in [2.24, 2.45) is 7.05 Å². The maximum atomic E-state index is 12.8. The molecule has 6 heteroatoms. The Balaban J connectivity index is 1.42. The zero-order chi connectivity index (χ0) is 19.8. The van der Waals surface area contributed by atoms with Gasteiger partial charge in [-0.2, -0.15) is 5.10 Å². The van der Waals surface area contributed by atoms with Gasteiger partial charge in [0, 0.05) is 54.4 Å². The summed E-state index contributed by atoms with van der Waals surface area (Å²) in [4.78, 5) is 21.8. The van der Waals surface area contributed by atoms with E-state index in [1.54, 1.807) is 17.1 Å². The van der Waals surface area contributed by atoms with Crippen molar-refractivity contribution in [3.8, 4) is 11.3 Å². The minimum Gasteiger partial charge on any atom is -0.312 e. The molecule has 4 heterocycles. The van der Waals surface area contributed by atoms with E-state index in [2.05, 4.69) is 26.4 Å². The van der Waals surface area contributed by atoms with Crippen LogP contribution < -0.4 is 5.32 Å². The molecular weight excluding hydrogens is 362 g/mol. The Hall–Kier alpha value is -3.38. The zero-order valence-electron chi connectivity index (χ0n) is 16.2. The fourth-order valence-electron chi connectivity index (χ4n) is 3.81. The van der Waals surface area contributed by atoms with Crippen LogP contribution in [0, 0.1) is 0 Å². The Morgan fingerprint density at radius 2 is 1.97 bits per heavy atom. The smallest absolute Gasteiger partial charge is 0.168 e. The molecule has 1 N–H and O–H groups in total. The summed E-state index contributed by atoms with van der Waals surface area (Å²) in [5.41, 5.74) is 5.91. The second-order valence-electron chi connectivity index (χ2n) is 7.51. The summed E-state index contributed by atoms with van der Waals surface area (Å²) in [6, 6.07) is 10.0. The molecule has 0 saturated heterocycles. The summed E-state index contributed by atoms with van der Waals surface area (Å²) in [7, 11) is 1.88. The SMILES string of the molecule is Cn1cc(-c2cc3cc(CC(=O)c4ccc5c(c4)CCNC5)ncc3cn2)cn1. The summed E-state index contributed by atoms with van der Waals surface area (Å²) >= 11 is 0. The summed E-state index contributed by atoms with van der Waals surface area (Å²) in [6.07, 6.45) is 8.59. The summed E-state index contributed by atoms with van der Waals surface area (Å²) in [5.74, 6) is 0.0970. The van der Waals surface area contributed by atoms with Gasteiger partial charge in [-0.25, -0.2) is 0 Å². The normalized spacial score (nSPS) is 13.4. The Morgan fingerprint density at radius 3 is 2.83 bits per heavy atom. The number of aromatic nitrogens is 4.